The summed E-state index contributed by atoms with van der Waals surface area (Å²) in [4.78, 5) is 0. The molecule has 0 amide bonds. The Morgan fingerprint density at radius 2 is 1.38 bits per heavy atom. The van der Waals surface area contributed by atoms with Gasteiger partial charge < -0.3 is 14.4 Å². The van der Waals surface area contributed by atoms with E-state index in [1.54, 1.807) is 0 Å². The molecule has 0 bridgehead atoms. The molecule has 3 rings (SSSR count). The average molecular weight is 368 g/mol. The van der Waals surface area contributed by atoms with Crippen molar-refractivity contribution in [2.24, 2.45) is 0 Å². The first-order chi connectivity index (χ1) is 11.9. The number of hydrogen-bond acceptors (Lipinski definition) is 3. The van der Waals surface area contributed by atoms with Gasteiger partial charge >= 0.3 is 7.12 Å². The molecule has 3 nitrogen and oxygen atoms in total. The predicted octanol–water partition coefficient (Wildman–Crippen LogP) is 3.90. The summed E-state index contributed by atoms with van der Waals surface area (Å²) in [5.74, 6) is 0.252. The van der Waals surface area contributed by atoms with Crippen molar-refractivity contribution in [3.63, 3.8) is 0 Å². The SMILES string of the molecule is CC1(C)OB(c2c(O)cc(-c3ccccc3)cc2[Si](C)(C)C)OC1(C)C. The van der Waals surface area contributed by atoms with Crippen molar-refractivity contribution in [2.75, 3.05) is 0 Å². The maximum absolute atomic E-state index is 11.0. The Morgan fingerprint density at radius 1 is 0.846 bits per heavy atom. The molecule has 1 heterocycles. The van der Waals surface area contributed by atoms with Crippen LogP contribution >= 0.6 is 0 Å². The van der Waals surface area contributed by atoms with Crippen molar-refractivity contribution in [3.05, 3.63) is 42.5 Å². The normalized spacial score (nSPS) is 19.0. The largest absolute Gasteiger partial charge is 0.508 e. The highest BCUT2D eigenvalue weighted by molar-refractivity contribution is 6.92. The average Bonchev–Trinajstić information content (AvgIpc) is 2.74. The third-order valence-corrected chi connectivity index (χ3v) is 7.59. The van der Waals surface area contributed by atoms with Gasteiger partial charge in [0.2, 0.25) is 0 Å². The Balaban J connectivity index is 2.15. The summed E-state index contributed by atoms with van der Waals surface area (Å²) in [6, 6.07) is 14.2. The fourth-order valence-electron chi connectivity index (χ4n) is 3.26. The topological polar surface area (TPSA) is 38.7 Å². The zero-order valence-electron chi connectivity index (χ0n) is 16.9. The van der Waals surface area contributed by atoms with Crippen molar-refractivity contribution >= 4 is 25.8 Å². The molecular weight excluding hydrogens is 339 g/mol. The van der Waals surface area contributed by atoms with Gasteiger partial charge in [0.15, 0.2) is 0 Å². The lowest BCUT2D eigenvalue weighted by atomic mass is 9.77. The molecule has 0 unspecified atom stereocenters. The standard InChI is InChI=1S/C21H29BO3Si/c1-20(2)21(3,4)25-22(24-20)19-17(23)13-16(14-18(19)26(5,6)7)15-11-9-8-10-12-15/h8-14,23H,1-7H3. The maximum Gasteiger partial charge on any atom is 0.498 e. The number of benzene rings is 2. The minimum absolute atomic E-state index is 0.252. The number of phenolic OH excluding ortho intramolecular Hbond substituents is 1. The lowest BCUT2D eigenvalue weighted by Gasteiger charge is -2.32. The molecule has 0 saturated carbocycles. The van der Waals surface area contributed by atoms with Gasteiger partial charge in [-0.25, -0.2) is 0 Å². The van der Waals surface area contributed by atoms with Crippen LogP contribution in [0.15, 0.2) is 42.5 Å². The summed E-state index contributed by atoms with van der Waals surface area (Å²) in [7, 11) is -2.30. The monoisotopic (exact) mass is 368 g/mol. The van der Waals surface area contributed by atoms with Gasteiger partial charge in [0.25, 0.3) is 0 Å². The quantitative estimate of drug-likeness (QED) is 0.835. The van der Waals surface area contributed by atoms with Gasteiger partial charge in [-0.05, 0) is 44.9 Å². The van der Waals surface area contributed by atoms with E-state index in [0.717, 1.165) is 16.6 Å². The summed E-state index contributed by atoms with van der Waals surface area (Å²) < 4.78 is 12.5. The molecule has 2 aromatic rings. The molecule has 1 saturated heterocycles. The second-order valence-corrected chi connectivity index (χ2v) is 14.2. The highest BCUT2D eigenvalue weighted by Crippen LogP contribution is 2.37. The van der Waals surface area contributed by atoms with Crippen LogP contribution in [0.25, 0.3) is 11.1 Å². The first-order valence-electron chi connectivity index (χ1n) is 9.21. The minimum atomic E-state index is -1.75. The molecule has 26 heavy (non-hydrogen) atoms. The first kappa shape index (κ1) is 19.2. The molecule has 0 radical (unpaired) electrons. The number of rotatable bonds is 3. The molecule has 1 aliphatic heterocycles. The van der Waals surface area contributed by atoms with Gasteiger partial charge in [-0.2, -0.15) is 0 Å². The van der Waals surface area contributed by atoms with Crippen molar-refractivity contribution in [1.29, 1.82) is 0 Å². The fourth-order valence-corrected chi connectivity index (χ4v) is 4.91. The second kappa shape index (κ2) is 6.26. The highest BCUT2D eigenvalue weighted by atomic mass is 28.3. The number of hydrogen-bond donors (Lipinski definition) is 1. The Bertz CT molecular complexity index is 794. The van der Waals surface area contributed by atoms with Gasteiger partial charge in [-0.3, -0.25) is 0 Å². The summed E-state index contributed by atoms with van der Waals surface area (Å²) in [5, 5.41) is 12.1. The highest BCUT2D eigenvalue weighted by Gasteiger charge is 2.53. The van der Waals surface area contributed by atoms with Crippen LogP contribution in [0.4, 0.5) is 0 Å². The van der Waals surface area contributed by atoms with Crippen LogP contribution < -0.4 is 10.6 Å². The third-order valence-electron chi connectivity index (χ3n) is 5.56. The van der Waals surface area contributed by atoms with Crippen molar-refractivity contribution in [1.82, 2.24) is 0 Å². The maximum atomic E-state index is 11.0. The van der Waals surface area contributed by atoms with Crippen LogP contribution in [0.2, 0.25) is 19.6 Å². The van der Waals surface area contributed by atoms with Crippen LogP contribution in [0, 0.1) is 0 Å². The van der Waals surface area contributed by atoms with Crippen molar-refractivity contribution in [3.8, 4) is 16.9 Å². The lowest BCUT2D eigenvalue weighted by Crippen LogP contribution is -2.54. The number of phenols is 1. The Labute approximate surface area is 158 Å². The van der Waals surface area contributed by atoms with Crippen LogP contribution in [0.5, 0.6) is 5.75 Å². The molecule has 138 valence electrons. The molecule has 0 aliphatic carbocycles. The first-order valence-corrected chi connectivity index (χ1v) is 12.7. The van der Waals surface area contributed by atoms with E-state index < -0.39 is 26.4 Å². The molecule has 1 N–H and O–H groups in total. The van der Waals surface area contributed by atoms with E-state index in [-0.39, 0.29) is 5.75 Å². The lowest BCUT2D eigenvalue weighted by molar-refractivity contribution is 0.00578. The Morgan fingerprint density at radius 3 is 1.88 bits per heavy atom. The second-order valence-electron chi connectivity index (χ2n) is 9.16. The zero-order valence-corrected chi connectivity index (χ0v) is 17.9. The van der Waals surface area contributed by atoms with E-state index >= 15 is 0 Å². The van der Waals surface area contributed by atoms with Gasteiger partial charge in [0.05, 0.1) is 19.3 Å². The molecule has 2 aromatic carbocycles. The summed E-state index contributed by atoms with van der Waals surface area (Å²) in [6.07, 6.45) is 0. The summed E-state index contributed by atoms with van der Waals surface area (Å²) >= 11 is 0. The molecule has 0 atom stereocenters. The van der Waals surface area contributed by atoms with E-state index in [4.69, 9.17) is 9.31 Å². The van der Waals surface area contributed by atoms with E-state index in [9.17, 15) is 5.11 Å². The molecule has 0 spiro atoms. The molecule has 0 aromatic heterocycles. The molecule has 1 aliphatic rings. The van der Waals surface area contributed by atoms with Gasteiger partial charge in [0.1, 0.15) is 5.75 Å². The minimum Gasteiger partial charge on any atom is -0.508 e. The van der Waals surface area contributed by atoms with Gasteiger partial charge in [0, 0.05) is 5.46 Å². The van der Waals surface area contributed by atoms with Crippen LogP contribution in [0.1, 0.15) is 27.7 Å². The van der Waals surface area contributed by atoms with Crippen LogP contribution in [-0.4, -0.2) is 31.5 Å². The molecule has 1 fully saturated rings. The predicted molar refractivity (Wildman–Crippen MR) is 112 cm³/mol. The smallest absolute Gasteiger partial charge is 0.498 e. The van der Waals surface area contributed by atoms with E-state index in [2.05, 4.69) is 37.8 Å². The fraction of sp³-hybridized carbons (Fsp3) is 0.429. The van der Waals surface area contributed by atoms with E-state index in [1.807, 2.05) is 52.0 Å². The Kier molecular flexibility index (Phi) is 4.62. The Hall–Kier alpha value is -1.56. The molecule has 5 heteroatoms. The zero-order chi connectivity index (χ0) is 19.3. The van der Waals surface area contributed by atoms with Crippen molar-refractivity contribution in [2.45, 2.75) is 58.5 Å². The van der Waals surface area contributed by atoms with E-state index in [1.165, 1.54) is 5.19 Å². The molecular formula is C21H29BO3Si. The van der Waals surface area contributed by atoms with Gasteiger partial charge in [-0.15, -0.1) is 0 Å². The van der Waals surface area contributed by atoms with Crippen molar-refractivity contribution < 1.29 is 14.4 Å². The number of aromatic hydroxyl groups is 1. The van der Waals surface area contributed by atoms with E-state index in [0.29, 0.717) is 0 Å². The van der Waals surface area contributed by atoms with Crippen LogP contribution in [-0.2, 0) is 9.31 Å². The summed E-state index contributed by atoms with van der Waals surface area (Å²) in [6.45, 7) is 15.0. The summed E-state index contributed by atoms with van der Waals surface area (Å²) in [5.41, 5.74) is 2.06. The van der Waals surface area contributed by atoms with Crippen LogP contribution in [0.3, 0.4) is 0 Å². The third kappa shape index (κ3) is 3.36. The van der Waals surface area contributed by atoms with Gasteiger partial charge in [-0.1, -0.05) is 61.2 Å².